The molecule has 1 N–H and O–H groups in total. The molecule has 4 rings (SSSR count). The van der Waals surface area contributed by atoms with Crippen molar-refractivity contribution in [2.45, 2.75) is 23.9 Å². The molecule has 0 spiro atoms. The van der Waals surface area contributed by atoms with E-state index in [4.69, 9.17) is 0 Å². The highest BCUT2D eigenvalue weighted by Crippen LogP contribution is 2.32. The van der Waals surface area contributed by atoms with Crippen molar-refractivity contribution in [3.63, 3.8) is 0 Å². The fraction of sp³-hybridized carbons (Fsp3) is 0.125. The number of nitrogens with zero attached hydrogens (tertiary/aromatic N) is 3. The molecular formula is C24H19F3N4O2S. The lowest BCUT2D eigenvalue weighted by Crippen LogP contribution is -2.23. The third kappa shape index (κ3) is 5.40. The highest BCUT2D eigenvalue weighted by atomic mass is 32.2. The monoisotopic (exact) mass is 484 g/mol. The molecule has 0 bridgehead atoms. The third-order valence-electron chi connectivity index (χ3n) is 4.76. The minimum atomic E-state index is -3.01. The second kappa shape index (κ2) is 10.4. The molecule has 1 heterocycles. The van der Waals surface area contributed by atoms with Gasteiger partial charge in [-0.3, -0.25) is 9.36 Å². The van der Waals surface area contributed by atoms with Crippen LogP contribution in [0.3, 0.4) is 0 Å². The summed E-state index contributed by atoms with van der Waals surface area (Å²) in [5.41, 5.74) is 1.55. The molecule has 0 saturated heterocycles. The van der Waals surface area contributed by atoms with Crippen molar-refractivity contribution in [2.24, 2.45) is 0 Å². The number of hydrogen-bond acceptors (Lipinski definition) is 5. The van der Waals surface area contributed by atoms with Crippen molar-refractivity contribution in [1.82, 2.24) is 14.8 Å². The fourth-order valence-corrected chi connectivity index (χ4v) is 4.02. The van der Waals surface area contributed by atoms with Gasteiger partial charge in [0.15, 0.2) is 11.0 Å². The number of thioether (sulfide) groups is 1. The fourth-order valence-electron chi connectivity index (χ4n) is 3.16. The van der Waals surface area contributed by atoms with E-state index < -0.39 is 17.8 Å². The van der Waals surface area contributed by atoms with Gasteiger partial charge in [-0.2, -0.15) is 8.78 Å². The van der Waals surface area contributed by atoms with E-state index >= 15 is 0 Å². The molecule has 0 fully saturated rings. The molecule has 0 radical (unpaired) electrons. The standard InChI is InChI=1S/C24H19F3N4O2S/c1-15(22(32)28-19-9-5-6-10-20(19)33-23(26)27)34-24-30-29-21(16-11-13-17(25)14-12-16)31(24)18-7-3-2-4-8-18/h2-15,23H,1H3,(H,28,32). The molecule has 0 aliphatic rings. The van der Waals surface area contributed by atoms with Gasteiger partial charge < -0.3 is 10.1 Å². The van der Waals surface area contributed by atoms with Crippen LogP contribution in [0.25, 0.3) is 17.1 Å². The zero-order valence-electron chi connectivity index (χ0n) is 17.9. The van der Waals surface area contributed by atoms with Crippen molar-refractivity contribution in [2.75, 3.05) is 5.32 Å². The van der Waals surface area contributed by atoms with E-state index in [0.717, 1.165) is 17.4 Å². The van der Waals surface area contributed by atoms with Crippen molar-refractivity contribution in [3.05, 3.63) is 84.7 Å². The topological polar surface area (TPSA) is 69.0 Å². The second-order valence-corrected chi connectivity index (χ2v) is 8.42. The summed E-state index contributed by atoms with van der Waals surface area (Å²) in [6, 6.07) is 21.1. The van der Waals surface area contributed by atoms with Gasteiger partial charge in [-0.1, -0.05) is 42.1 Å². The summed E-state index contributed by atoms with van der Waals surface area (Å²) in [7, 11) is 0. The predicted octanol–water partition coefficient (Wildman–Crippen LogP) is 5.79. The Kier molecular flexibility index (Phi) is 7.17. The number of halogens is 3. The number of carbonyl (C=O) groups excluding carboxylic acids is 1. The van der Waals surface area contributed by atoms with Crippen LogP contribution in [0.1, 0.15) is 6.92 Å². The van der Waals surface area contributed by atoms with Crippen LogP contribution in [-0.4, -0.2) is 32.5 Å². The van der Waals surface area contributed by atoms with Crippen LogP contribution in [0, 0.1) is 5.82 Å². The number of carbonyl (C=O) groups is 1. The number of amides is 1. The molecule has 1 aromatic heterocycles. The second-order valence-electron chi connectivity index (χ2n) is 7.11. The highest BCUT2D eigenvalue weighted by molar-refractivity contribution is 8.00. The molecule has 6 nitrogen and oxygen atoms in total. The molecule has 4 aromatic rings. The maximum Gasteiger partial charge on any atom is 0.387 e. The summed E-state index contributed by atoms with van der Waals surface area (Å²) in [6.45, 7) is -1.35. The zero-order chi connectivity index (χ0) is 24.1. The van der Waals surface area contributed by atoms with E-state index in [-0.39, 0.29) is 17.3 Å². The summed E-state index contributed by atoms with van der Waals surface area (Å²) in [4.78, 5) is 12.8. The summed E-state index contributed by atoms with van der Waals surface area (Å²) in [5.74, 6) is -0.446. The van der Waals surface area contributed by atoms with Crippen molar-refractivity contribution in [1.29, 1.82) is 0 Å². The number of hydrogen-bond donors (Lipinski definition) is 1. The van der Waals surface area contributed by atoms with Gasteiger partial charge in [-0.25, -0.2) is 4.39 Å². The van der Waals surface area contributed by atoms with Gasteiger partial charge in [0.25, 0.3) is 0 Å². The van der Waals surface area contributed by atoms with E-state index in [9.17, 15) is 18.0 Å². The molecular weight excluding hydrogens is 465 g/mol. The van der Waals surface area contributed by atoms with Crippen LogP contribution in [0.15, 0.2) is 84.0 Å². The van der Waals surface area contributed by atoms with E-state index in [2.05, 4.69) is 20.3 Å². The van der Waals surface area contributed by atoms with Crippen molar-refractivity contribution < 1.29 is 22.7 Å². The minimum absolute atomic E-state index is 0.130. The maximum atomic E-state index is 13.4. The molecule has 3 aromatic carbocycles. The molecule has 1 atom stereocenters. The number of benzene rings is 3. The average molecular weight is 485 g/mol. The minimum Gasteiger partial charge on any atom is -0.433 e. The van der Waals surface area contributed by atoms with Crippen LogP contribution >= 0.6 is 11.8 Å². The average Bonchev–Trinajstić information content (AvgIpc) is 3.24. The third-order valence-corrected chi connectivity index (χ3v) is 5.81. The molecule has 174 valence electrons. The van der Waals surface area contributed by atoms with Crippen LogP contribution < -0.4 is 10.1 Å². The normalized spacial score (nSPS) is 11.9. The highest BCUT2D eigenvalue weighted by Gasteiger charge is 2.23. The SMILES string of the molecule is CC(Sc1nnc(-c2ccc(F)cc2)n1-c1ccccc1)C(=O)Nc1ccccc1OC(F)F. The van der Waals surface area contributed by atoms with Crippen molar-refractivity contribution in [3.8, 4) is 22.8 Å². The summed E-state index contributed by atoms with van der Waals surface area (Å²) in [5, 5.41) is 10.9. The lowest BCUT2D eigenvalue weighted by molar-refractivity contribution is -0.115. The van der Waals surface area contributed by atoms with Gasteiger partial charge in [0, 0.05) is 11.3 Å². The molecule has 1 amide bonds. The molecule has 0 aliphatic heterocycles. The largest absolute Gasteiger partial charge is 0.433 e. The van der Waals surface area contributed by atoms with Gasteiger partial charge in [0.1, 0.15) is 11.6 Å². The lowest BCUT2D eigenvalue weighted by Gasteiger charge is -2.15. The van der Waals surface area contributed by atoms with Gasteiger partial charge in [-0.15, -0.1) is 10.2 Å². The first-order chi connectivity index (χ1) is 16.4. The van der Waals surface area contributed by atoms with Crippen LogP contribution in [0.2, 0.25) is 0 Å². The van der Waals surface area contributed by atoms with E-state index in [0.29, 0.717) is 16.5 Å². The quantitative estimate of drug-likeness (QED) is 0.321. The van der Waals surface area contributed by atoms with E-state index in [1.807, 2.05) is 30.3 Å². The lowest BCUT2D eigenvalue weighted by atomic mass is 10.2. The molecule has 34 heavy (non-hydrogen) atoms. The maximum absolute atomic E-state index is 13.4. The van der Waals surface area contributed by atoms with Crippen molar-refractivity contribution >= 4 is 23.4 Å². The Morgan fingerprint density at radius 2 is 1.65 bits per heavy atom. The number of ether oxygens (including phenoxy) is 1. The van der Waals surface area contributed by atoms with Crippen LogP contribution in [0.4, 0.5) is 18.9 Å². The van der Waals surface area contributed by atoms with Crippen LogP contribution in [-0.2, 0) is 4.79 Å². The Labute approximate surface area is 197 Å². The Morgan fingerprint density at radius 1 is 0.971 bits per heavy atom. The molecule has 1 unspecified atom stereocenters. The molecule has 0 saturated carbocycles. The van der Waals surface area contributed by atoms with Gasteiger partial charge in [0.05, 0.1) is 10.9 Å². The van der Waals surface area contributed by atoms with Gasteiger partial charge in [-0.05, 0) is 55.5 Å². The predicted molar refractivity (Wildman–Crippen MR) is 124 cm³/mol. The molecule has 0 aliphatic carbocycles. The number of nitrogens with one attached hydrogen (secondary N) is 1. The summed E-state index contributed by atoms with van der Waals surface area (Å²) in [6.07, 6.45) is 0. The Morgan fingerprint density at radius 3 is 2.35 bits per heavy atom. The number of anilines is 1. The van der Waals surface area contributed by atoms with E-state index in [1.165, 1.54) is 30.3 Å². The first kappa shape index (κ1) is 23.4. The van der Waals surface area contributed by atoms with Crippen LogP contribution in [0.5, 0.6) is 5.75 Å². The van der Waals surface area contributed by atoms with Gasteiger partial charge in [0.2, 0.25) is 5.91 Å². The number of para-hydroxylation sites is 3. The summed E-state index contributed by atoms with van der Waals surface area (Å²) < 4.78 is 45.0. The smallest absolute Gasteiger partial charge is 0.387 e. The summed E-state index contributed by atoms with van der Waals surface area (Å²) >= 11 is 1.15. The van der Waals surface area contributed by atoms with E-state index in [1.54, 1.807) is 29.7 Å². The first-order valence-corrected chi connectivity index (χ1v) is 11.1. The number of alkyl halides is 2. The number of rotatable bonds is 8. The number of aromatic nitrogens is 3. The van der Waals surface area contributed by atoms with Gasteiger partial charge >= 0.3 is 6.61 Å². The zero-order valence-corrected chi connectivity index (χ0v) is 18.7. The Balaban J connectivity index is 1.60. The first-order valence-electron chi connectivity index (χ1n) is 10.2. The molecule has 10 heteroatoms. The Hall–Kier alpha value is -3.79. The Bertz CT molecular complexity index is 1270.